The molecular weight excluding hydrogens is 178 g/mol. The van der Waals surface area contributed by atoms with Gasteiger partial charge in [0.2, 0.25) is 0 Å². The zero-order valence-corrected chi connectivity index (χ0v) is 8.35. The number of pyridine rings is 1. The Hall–Kier alpha value is -0.970. The molecule has 0 saturated carbocycles. The molecule has 1 aromatic rings. The van der Waals surface area contributed by atoms with Gasteiger partial charge in [0.15, 0.2) is 0 Å². The molecule has 0 aliphatic rings. The van der Waals surface area contributed by atoms with E-state index in [1.165, 1.54) is 0 Å². The van der Waals surface area contributed by atoms with Crippen LogP contribution in [-0.4, -0.2) is 29.7 Å². The van der Waals surface area contributed by atoms with Crippen LogP contribution in [0.5, 0.6) is 0 Å². The first-order valence-corrected chi connectivity index (χ1v) is 4.75. The minimum atomic E-state index is -0.522. The number of hydrogen-bond acceptors (Lipinski definition) is 4. The number of hydrogen-bond donors (Lipinski definition) is 3. The van der Waals surface area contributed by atoms with Crippen molar-refractivity contribution in [2.45, 2.75) is 18.6 Å². The molecule has 14 heavy (non-hydrogen) atoms. The van der Waals surface area contributed by atoms with Gasteiger partial charge in [0.25, 0.3) is 0 Å². The van der Waals surface area contributed by atoms with Crippen LogP contribution in [0.3, 0.4) is 0 Å². The quantitative estimate of drug-likeness (QED) is 0.621. The van der Waals surface area contributed by atoms with E-state index in [1.54, 1.807) is 12.4 Å². The molecular formula is C10H17N3O. The molecule has 1 aromatic heterocycles. The monoisotopic (exact) mass is 195 g/mol. The third-order valence-corrected chi connectivity index (χ3v) is 2.28. The maximum atomic E-state index is 9.97. The number of aliphatic hydroxyl groups excluding tert-OH is 1. The van der Waals surface area contributed by atoms with Gasteiger partial charge < -0.3 is 16.2 Å². The maximum Gasteiger partial charge on any atom is 0.0944 e. The van der Waals surface area contributed by atoms with Crippen molar-refractivity contribution in [3.63, 3.8) is 0 Å². The first kappa shape index (κ1) is 11.1. The van der Waals surface area contributed by atoms with Crippen LogP contribution >= 0.6 is 0 Å². The summed E-state index contributed by atoms with van der Waals surface area (Å²) in [6, 6.07) is 3.62. The van der Waals surface area contributed by atoms with Crippen molar-refractivity contribution in [2.75, 3.05) is 13.6 Å². The molecule has 0 spiro atoms. The number of likely N-dealkylation sites (N-methyl/N-ethyl adjacent to an activating group) is 1. The normalized spacial score (nSPS) is 15.1. The predicted octanol–water partition coefficient (Wildman–Crippen LogP) is 0.0518. The fourth-order valence-corrected chi connectivity index (χ4v) is 1.43. The van der Waals surface area contributed by atoms with Gasteiger partial charge in [-0.2, -0.15) is 0 Å². The molecule has 0 saturated heterocycles. The summed E-state index contributed by atoms with van der Waals surface area (Å²) >= 11 is 0. The molecule has 0 bridgehead atoms. The molecule has 4 N–H and O–H groups in total. The summed E-state index contributed by atoms with van der Waals surface area (Å²) in [6.45, 7) is 0.563. The van der Waals surface area contributed by atoms with E-state index in [1.807, 2.05) is 19.2 Å². The minimum Gasteiger partial charge on any atom is -0.387 e. The van der Waals surface area contributed by atoms with Crippen molar-refractivity contribution < 1.29 is 5.11 Å². The molecule has 4 nitrogen and oxygen atoms in total. The standard InChI is InChI=1S/C10H17N3O/c1-12-9(2-5-11)10(14)8-3-6-13-7-4-8/h3-4,6-7,9-10,12,14H,2,5,11H2,1H3. The van der Waals surface area contributed by atoms with Gasteiger partial charge >= 0.3 is 0 Å². The fourth-order valence-electron chi connectivity index (χ4n) is 1.43. The largest absolute Gasteiger partial charge is 0.387 e. The summed E-state index contributed by atoms with van der Waals surface area (Å²) in [7, 11) is 1.82. The third kappa shape index (κ3) is 2.77. The summed E-state index contributed by atoms with van der Waals surface area (Å²) in [4.78, 5) is 3.90. The Kier molecular flexibility index (Phi) is 4.52. The lowest BCUT2D eigenvalue weighted by molar-refractivity contribution is 0.129. The van der Waals surface area contributed by atoms with Crippen LogP contribution in [0.15, 0.2) is 24.5 Å². The summed E-state index contributed by atoms with van der Waals surface area (Å²) in [5.74, 6) is 0. The van der Waals surface area contributed by atoms with E-state index >= 15 is 0 Å². The number of rotatable bonds is 5. The Bertz CT molecular complexity index is 253. The molecule has 1 heterocycles. The van der Waals surface area contributed by atoms with E-state index in [4.69, 9.17) is 5.73 Å². The van der Waals surface area contributed by atoms with Crippen LogP contribution in [0, 0.1) is 0 Å². The van der Waals surface area contributed by atoms with Gasteiger partial charge in [0.1, 0.15) is 0 Å². The fraction of sp³-hybridized carbons (Fsp3) is 0.500. The predicted molar refractivity (Wildman–Crippen MR) is 55.7 cm³/mol. The lowest BCUT2D eigenvalue weighted by Gasteiger charge is -2.21. The molecule has 1 rings (SSSR count). The van der Waals surface area contributed by atoms with E-state index in [-0.39, 0.29) is 6.04 Å². The average molecular weight is 195 g/mol. The van der Waals surface area contributed by atoms with Crippen molar-refractivity contribution in [1.29, 1.82) is 0 Å². The summed E-state index contributed by atoms with van der Waals surface area (Å²) in [6.07, 6.45) is 3.58. The molecule has 0 radical (unpaired) electrons. The second-order valence-electron chi connectivity index (χ2n) is 3.20. The van der Waals surface area contributed by atoms with E-state index in [0.717, 1.165) is 12.0 Å². The van der Waals surface area contributed by atoms with Gasteiger partial charge in [0, 0.05) is 18.4 Å². The first-order valence-electron chi connectivity index (χ1n) is 4.75. The van der Waals surface area contributed by atoms with Crippen molar-refractivity contribution in [2.24, 2.45) is 5.73 Å². The molecule has 0 aromatic carbocycles. The lowest BCUT2D eigenvalue weighted by atomic mass is 10.0. The van der Waals surface area contributed by atoms with Crippen LogP contribution < -0.4 is 11.1 Å². The molecule has 0 aliphatic carbocycles. The molecule has 78 valence electrons. The Morgan fingerprint density at radius 1 is 1.50 bits per heavy atom. The SMILES string of the molecule is CNC(CCN)C(O)c1ccncc1. The highest BCUT2D eigenvalue weighted by Crippen LogP contribution is 2.17. The van der Waals surface area contributed by atoms with Crippen LogP contribution in [0.2, 0.25) is 0 Å². The molecule has 0 fully saturated rings. The van der Waals surface area contributed by atoms with Gasteiger partial charge in [-0.1, -0.05) is 0 Å². The van der Waals surface area contributed by atoms with Crippen molar-refractivity contribution in [3.05, 3.63) is 30.1 Å². The van der Waals surface area contributed by atoms with Gasteiger partial charge in [-0.25, -0.2) is 0 Å². The van der Waals surface area contributed by atoms with Gasteiger partial charge in [-0.3, -0.25) is 4.98 Å². The smallest absolute Gasteiger partial charge is 0.0944 e. The third-order valence-electron chi connectivity index (χ3n) is 2.28. The minimum absolute atomic E-state index is 0.00222. The topological polar surface area (TPSA) is 71.2 Å². The van der Waals surface area contributed by atoms with E-state index in [9.17, 15) is 5.11 Å². The second kappa shape index (κ2) is 5.70. The number of nitrogens with zero attached hydrogens (tertiary/aromatic N) is 1. The number of aromatic nitrogens is 1. The first-order chi connectivity index (χ1) is 6.79. The molecule has 4 heteroatoms. The van der Waals surface area contributed by atoms with E-state index in [2.05, 4.69) is 10.3 Å². The van der Waals surface area contributed by atoms with E-state index < -0.39 is 6.10 Å². The summed E-state index contributed by atoms with van der Waals surface area (Å²) < 4.78 is 0. The summed E-state index contributed by atoms with van der Waals surface area (Å²) in [5.41, 5.74) is 6.33. The zero-order valence-electron chi connectivity index (χ0n) is 8.35. The van der Waals surface area contributed by atoms with Crippen LogP contribution in [0.25, 0.3) is 0 Å². The number of nitrogens with one attached hydrogen (secondary N) is 1. The van der Waals surface area contributed by atoms with Gasteiger partial charge in [0.05, 0.1) is 6.10 Å². The van der Waals surface area contributed by atoms with Gasteiger partial charge in [-0.15, -0.1) is 0 Å². The molecule has 2 atom stereocenters. The second-order valence-corrected chi connectivity index (χ2v) is 3.20. The van der Waals surface area contributed by atoms with Crippen molar-refractivity contribution in [1.82, 2.24) is 10.3 Å². The Labute approximate surface area is 84.2 Å². The lowest BCUT2D eigenvalue weighted by Crippen LogP contribution is -2.34. The zero-order chi connectivity index (χ0) is 10.4. The number of nitrogens with two attached hydrogens (primary N) is 1. The number of aliphatic hydroxyl groups is 1. The van der Waals surface area contributed by atoms with Crippen LogP contribution in [0.1, 0.15) is 18.1 Å². The highest BCUT2D eigenvalue weighted by Gasteiger charge is 2.17. The Balaban J connectivity index is 2.67. The van der Waals surface area contributed by atoms with E-state index in [0.29, 0.717) is 6.54 Å². The Morgan fingerprint density at radius 3 is 2.64 bits per heavy atom. The molecule has 0 amide bonds. The molecule has 2 unspecified atom stereocenters. The summed E-state index contributed by atoms with van der Waals surface area (Å²) in [5, 5.41) is 13.0. The molecule has 0 aliphatic heterocycles. The van der Waals surface area contributed by atoms with Crippen molar-refractivity contribution in [3.8, 4) is 0 Å². The van der Waals surface area contributed by atoms with Crippen LogP contribution in [-0.2, 0) is 0 Å². The average Bonchev–Trinajstić information content (AvgIpc) is 2.26. The van der Waals surface area contributed by atoms with Crippen LogP contribution in [0.4, 0.5) is 0 Å². The highest BCUT2D eigenvalue weighted by molar-refractivity contribution is 5.14. The van der Waals surface area contributed by atoms with Crippen molar-refractivity contribution >= 4 is 0 Å². The van der Waals surface area contributed by atoms with Gasteiger partial charge in [-0.05, 0) is 37.7 Å². The maximum absolute atomic E-state index is 9.97. The highest BCUT2D eigenvalue weighted by atomic mass is 16.3. The Morgan fingerprint density at radius 2 is 2.14 bits per heavy atom.